The van der Waals surface area contributed by atoms with Gasteiger partial charge in [-0.2, -0.15) is 0 Å². The van der Waals surface area contributed by atoms with Crippen LogP contribution < -0.4 is 5.32 Å². The van der Waals surface area contributed by atoms with Crippen LogP contribution >= 0.6 is 0 Å². The van der Waals surface area contributed by atoms with Gasteiger partial charge in [0.05, 0.1) is 0 Å². The van der Waals surface area contributed by atoms with Crippen molar-refractivity contribution in [3.63, 3.8) is 0 Å². The Morgan fingerprint density at radius 1 is 1.26 bits per heavy atom. The molecule has 1 nitrogen and oxygen atoms in total. The molecule has 19 heavy (non-hydrogen) atoms. The molecule has 0 saturated carbocycles. The average molecular weight is 267 g/mol. The lowest BCUT2D eigenvalue weighted by atomic mass is 9.89. The standard InChI is InChI=1S/C16H23F2N/c1-12(2)14-5-7-15(8-6-14)16(17,18)10-13-4-3-9-19-11-13/h5-8,12-13,19H,3-4,9-11H2,1-2H3. The Kier molecular flexibility index (Phi) is 4.56. The van der Waals surface area contributed by atoms with Crippen molar-refractivity contribution in [2.75, 3.05) is 13.1 Å². The Bertz CT molecular complexity index is 392. The van der Waals surface area contributed by atoms with Gasteiger partial charge in [-0.15, -0.1) is 0 Å². The van der Waals surface area contributed by atoms with Gasteiger partial charge in [-0.3, -0.25) is 0 Å². The van der Waals surface area contributed by atoms with Crippen LogP contribution in [-0.4, -0.2) is 13.1 Å². The minimum atomic E-state index is -2.71. The Balaban J connectivity index is 2.05. The first-order valence-electron chi connectivity index (χ1n) is 7.18. The molecule has 1 fully saturated rings. The van der Waals surface area contributed by atoms with Gasteiger partial charge in [-0.25, -0.2) is 8.78 Å². The van der Waals surface area contributed by atoms with Crippen LogP contribution in [0.15, 0.2) is 24.3 Å². The molecule has 1 aromatic rings. The van der Waals surface area contributed by atoms with Crippen LogP contribution in [0.4, 0.5) is 8.78 Å². The highest BCUT2D eigenvalue weighted by molar-refractivity contribution is 5.27. The Labute approximate surface area is 114 Å². The molecular weight excluding hydrogens is 244 g/mol. The number of piperidine rings is 1. The largest absolute Gasteiger partial charge is 0.316 e. The van der Waals surface area contributed by atoms with Crippen molar-refractivity contribution in [3.05, 3.63) is 35.4 Å². The molecule has 1 atom stereocenters. The fourth-order valence-corrected chi connectivity index (χ4v) is 2.69. The number of benzene rings is 1. The van der Waals surface area contributed by atoms with Crippen LogP contribution in [0.1, 0.15) is 50.2 Å². The van der Waals surface area contributed by atoms with Crippen molar-refractivity contribution in [1.82, 2.24) is 5.32 Å². The highest BCUT2D eigenvalue weighted by Gasteiger charge is 2.35. The van der Waals surface area contributed by atoms with Crippen LogP contribution in [0.5, 0.6) is 0 Å². The fourth-order valence-electron chi connectivity index (χ4n) is 2.69. The number of rotatable bonds is 4. The van der Waals surface area contributed by atoms with Crippen LogP contribution in [0.2, 0.25) is 0 Å². The molecule has 0 amide bonds. The van der Waals surface area contributed by atoms with E-state index in [1.54, 1.807) is 12.1 Å². The SMILES string of the molecule is CC(C)c1ccc(C(F)(F)CC2CCCNC2)cc1. The lowest BCUT2D eigenvalue weighted by Gasteiger charge is -2.27. The van der Waals surface area contributed by atoms with Crippen molar-refractivity contribution in [2.45, 2.75) is 45.0 Å². The molecule has 1 aromatic carbocycles. The molecule has 1 aliphatic heterocycles. The maximum absolute atomic E-state index is 14.2. The van der Waals surface area contributed by atoms with Crippen LogP contribution in [0.25, 0.3) is 0 Å². The van der Waals surface area contributed by atoms with Crippen molar-refractivity contribution < 1.29 is 8.78 Å². The summed E-state index contributed by atoms with van der Waals surface area (Å²) in [6.07, 6.45) is 1.88. The molecule has 1 saturated heterocycles. The molecule has 0 spiro atoms. The van der Waals surface area contributed by atoms with E-state index >= 15 is 0 Å². The lowest BCUT2D eigenvalue weighted by molar-refractivity contribution is -0.0317. The van der Waals surface area contributed by atoms with Gasteiger partial charge in [0.25, 0.3) is 5.92 Å². The van der Waals surface area contributed by atoms with E-state index in [9.17, 15) is 8.78 Å². The van der Waals surface area contributed by atoms with E-state index in [0.29, 0.717) is 5.92 Å². The molecule has 0 aromatic heterocycles. The second-order valence-electron chi connectivity index (χ2n) is 5.90. The van der Waals surface area contributed by atoms with E-state index < -0.39 is 5.92 Å². The van der Waals surface area contributed by atoms with Gasteiger partial charge in [-0.1, -0.05) is 38.1 Å². The zero-order chi connectivity index (χ0) is 13.9. The molecule has 0 aliphatic carbocycles. The van der Waals surface area contributed by atoms with Gasteiger partial charge in [0, 0.05) is 12.0 Å². The van der Waals surface area contributed by atoms with E-state index in [1.807, 2.05) is 12.1 Å². The number of nitrogens with one attached hydrogen (secondary N) is 1. The molecule has 3 heteroatoms. The highest BCUT2D eigenvalue weighted by atomic mass is 19.3. The monoisotopic (exact) mass is 267 g/mol. The number of halogens is 2. The minimum absolute atomic E-state index is 0.0406. The average Bonchev–Trinajstić information content (AvgIpc) is 2.39. The van der Waals surface area contributed by atoms with Crippen molar-refractivity contribution in [3.8, 4) is 0 Å². The van der Waals surface area contributed by atoms with Gasteiger partial charge >= 0.3 is 0 Å². The number of hydrogen-bond acceptors (Lipinski definition) is 1. The maximum atomic E-state index is 14.2. The summed E-state index contributed by atoms with van der Waals surface area (Å²) in [5.41, 5.74) is 1.27. The summed E-state index contributed by atoms with van der Waals surface area (Å²) < 4.78 is 28.5. The highest BCUT2D eigenvalue weighted by Crippen LogP contribution is 2.36. The second kappa shape index (κ2) is 6.00. The normalized spacial score (nSPS) is 20.8. The van der Waals surface area contributed by atoms with Crippen molar-refractivity contribution >= 4 is 0 Å². The second-order valence-corrected chi connectivity index (χ2v) is 5.90. The molecule has 106 valence electrons. The summed E-state index contributed by atoms with van der Waals surface area (Å²) in [7, 11) is 0. The van der Waals surface area contributed by atoms with E-state index in [0.717, 1.165) is 31.5 Å². The van der Waals surface area contributed by atoms with E-state index in [4.69, 9.17) is 0 Å². The summed E-state index contributed by atoms with van der Waals surface area (Å²) in [6.45, 7) is 5.83. The third kappa shape index (κ3) is 3.75. The Morgan fingerprint density at radius 2 is 1.95 bits per heavy atom. The molecule has 2 rings (SSSR count). The maximum Gasteiger partial charge on any atom is 0.273 e. The summed E-state index contributed by atoms with van der Waals surface area (Å²) in [5, 5.41) is 3.20. The number of alkyl halides is 2. The minimum Gasteiger partial charge on any atom is -0.316 e. The van der Waals surface area contributed by atoms with Gasteiger partial charge in [0.15, 0.2) is 0 Å². The third-order valence-corrected chi connectivity index (χ3v) is 3.94. The fraction of sp³-hybridized carbons (Fsp3) is 0.625. The van der Waals surface area contributed by atoms with Crippen molar-refractivity contribution in [1.29, 1.82) is 0 Å². The summed E-state index contributed by atoms with van der Waals surface area (Å²) in [6, 6.07) is 6.83. The molecule has 0 radical (unpaired) electrons. The Morgan fingerprint density at radius 3 is 2.47 bits per heavy atom. The topological polar surface area (TPSA) is 12.0 Å². The third-order valence-electron chi connectivity index (χ3n) is 3.94. The van der Waals surface area contributed by atoms with Crippen molar-refractivity contribution in [2.24, 2.45) is 5.92 Å². The van der Waals surface area contributed by atoms with Gasteiger partial charge in [-0.05, 0) is 43.3 Å². The molecule has 1 unspecified atom stereocenters. The van der Waals surface area contributed by atoms with Gasteiger partial charge in [0.1, 0.15) is 0 Å². The molecule has 0 bridgehead atoms. The first-order chi connectivity index (χ1) is 8.99. The zero-order valence-electron chi connectivity index (χ0n) is 11.8. The first-order valence-corrected chi connectivity index (χ1v) is 7.18. The van der Waals surface area contributed by atoms with E-state index in [1.165, 1.54) is 0 Å². The zero-order valence-corrected chi connectivity index (χ0v) is 11.8. The Hall–Kier alpha value is -0.960. The van der Waals surface area contributed by atoms with E-state index in [2.05, 4.69) is 19.2 Å². The molecule has 1 aliphatic rings. The van der Waals surface area contributed by atoms with Crippen LogP contribution in [0, 0.1) is 5.92 Å². The molecule has 1 heterocycles. The predicted molar refractivity (Wildman–Crippen MR) is 74.6 cm³/mol. The molecule has 1 N–H and O–H groups in total. The quantitative estimate of drug-likeness (QED) is 0.858. The van der Waals surface area contributed by atoms with E-state index in [-0.39, 0.29) is 17.9 Å². The van der Waals surface area contributed by atoms with Gasteiger partial charge in [0.2, 0.25) is 0 Å². The summed E-state index contributed by atoms with van der Waals surface area (Å²) >= 11 is 0. The first kappa shape index (κ1) is 14.4. The smallest absolute Gasteiger partial charge is 0.273 e. The van der Waals surface area contributed by atoms with Gasteiger partial charge < -0.3 is 5.32 Å². The number of hydrogen-bond donors (Lipinski definition) is 1. The summed E-state index contributed by atoms with van der Waals surface area (Å²) in [4.78, 5) is 0. The molecular formula is C16H23F2N. The lowest BCUT2D eigenvalue weighted by Crippen LogP contribution is -2.33. The summed E-state index contributed by atoms with van der Waals surface area (Å²) in [5.74, 6) is -2.24. The van der Waals surface area contributed by atoms with Crippen LogP contribution in [0.3, 0.4) is 0 Å². The van der Waals surface area contributed by atoms with Crippen LogP contribution in [-0.2, 0) is 5.92 Å². The predicted octanol–water partition coefficient (Wildman–Crippen LogP) is 4.29.